The molecule has 0 spiro atoms. The lowest BCUT2D eigenvalue weighted by Gasteiger charge is -2.18. The predicted molar refractivity (Wildman–Crippen MR) is 58.8 cm³/mol. The van der Waals surface area contributed by atoms with Gasteiger partial charge in [0.25, 0.3) is 0 Å². The van der Waals surface area contributed by atoms with Gasteiger partial charge in [0.15, 0.2) is 9.84 Å². The van der Waals surface area contributed by atoms with Crippen molar-refractivity contribution >= 4 is 15.7 Å². The molecule has 0 aromatic carbocycles. The van der Waals surface area contributed by atoms with E-state index in [1.807, 2.05) is 20.8 Å². The van der Waals surface area contributed by atoms with Crippen molar-refractivity contribution in [1.29, 1.82) is 0 Å². The van der Waals surface area contributed by atoms with Gasteiger partial charge in [-0.2, -0.15) is 0 Å². The van der Waals surface area contributed by atoms with Gasteiger partial charge >= 0.3 is 0 Å². The average Bonchev–Trinajstić information content (AvgIpc) is 1.95. The number of hydrazine groups is 1. The van der Waals surface area contributed by atoms with E-state index in [2.05, 4.69) is 10.4 Å². The lowest BCUT2D eigenvalue weighted by Crippen LogP contribution is -2.43. The minimum Gasteiger partial charge on any atom is -0.311 e. The fraction of sp³-hybridized carbons (Fsp3) is 0.875. The molecule has 0 heterocycles. The summed E-state index contributed by atoms with van der Waals surface area (Å²) in [6, 6.07) is 0. The lowest BCUT2D eigenvalue weighted by atomic mass is 10.1. The van der Waals surface area contributed by atoms with Gasteiger partial charge < -0.3 is 5.43 Å². The van der Waals surface area contributed by atoms with Crippen LogP contribution in [0.2, 0.25) is 0 Å². The van der Waals surface area contributed by atoms with Gasteiger partial charge in [-0.05, 0) is 27.7 Å². The van der Waals surface area contributed by atoms with Crippen LogP contribution in [-0.2, 0) is 9.84 Å². The second-order valence-electron chi connectivity index (χ2n) is 4.28. The lowest BCUT2D eigenvalue weighted by molar-refractivity contribution is 0.574. The molecule has 0 aliphatic rings. The number of aliphatic imine (C=N–C) groups is 1. The average molecular weight is 221 g/mol. The van der Waals surface area contributed by atoms with Crippen LogP contribution in [0.1, 0.15) is 27.7 Å². The molecule has 0 aliphatic carbocycles. The van der Waals surface area contributed by atoms with Crippen LogP contribution in [0.25, 0.3) is 0 Å². The molecule has 0 fully saturated rings. The van der Waals surface area contributed by atoms with E-state index in [-0.39, 0.29) is 5.54 Å². The summed E-state index contributed by atoms with van der Waals surface area (Å²) in [4.78, 5) is 4.20. The molecule has 0 aromatic heterocycles. The Labute approximate surface area is 85.7 Å². The molecule has 0 bridgehead atoms. The van der Waals surface area contributed by atoms with Crippen LogP contribution in [0, 0.1) is 0 Å². The summed E-state index contributed by atoms with van der Waals surface area (Å²) >= 11 is 0. The van der Waals surface area contributed by atoms with Crippen molar-refractivity contribution in [3.8, 4) is 0 Å². The molecule has 0 rings (SSSR count). The van der Waals surface area contributed by atoms with Crippen LogP contribution in [-0.4, -0.2) is 31.3 Å². The first-order valence-corrected chi connectivity index (χ1v) is 6.28. The topological polar surface area (TPSA) is 84.5 Å². The Morgan fingerprint density at radius 2 is 1.86 bits per heavy atom. The van der Waals surface area contributed by atoms with Gasteiger partial charge in [0.2, 0.25) is 0 Å². The van der Waals surface area contributed by atoms with E-state index in [4.69, 9.17) is 5.84 Å². The van der Waals surface area contributed by atoms with Crippen molar-refractivity contribution in [1.82, 2.24) is 5.43 Å². The molecule has 3 N–H and O–H groups in total. The minimum atomic E-state index is -3.16. The summed E-state index contributed by atoms with van der Waals surface area (Å²) in [5.41, 5.74) is 1.99. The van der Waals surface area contributed by atoms with Crippen LogP contribution in [0.5, 0.6) is 0 Å². The van der Waals surface area contributed by atoms with Crippen molar-refractivity contribution in [2.75, 3.05) is 6.26 Å². The summed E-state index contributed by atoms with van der Waals surface area (Å²) in [7, 11) is -3.16. The van der Waals surface area contributed by atoms with Crippen molar-refractivity contribution in [2.45, 2.75) is 38.5 Å². The maximum Gasteiger partial charge on any atom is 0.157 e. The van der Waals surface area contributed by atoms with Gasteiger partial charge in [-0.15, -0.1) is 0 Å². The number of amidine groups is 1. The maximum absolute atomic E-state index is 11.2. The fourth-order valence-electron chi connectivity index (χ4n) is 0.805. The summed E-state index contributed by atoms with van der Waals surface area (Å²) in [6.45, 7) is 7.18. The number of rotatable bonds is 2. The van der Waals surface area contributed by atoms with E-state index in [0.717, 1.165) is 6.26 Å². The van der Waals surface area contributed by atoms with Crippen LogP contribution in [0.4, 0.5) is 0 Å². The number of sulfone groups is 1. The molecule has 0 aliphatic heterocycles. The Hall–Kier alpha value is -0.620. The Morgan fingerprint density at radius 1 is 1.43 bits per heavy atom. The van der Waals surface area contributed by atoms with E-state index < -0.39 is 15.1 Å². The van der Waals surface area contributed by atoms with Gasteiger partial charge in [0, 0.05) is 6.26 Å². The predicted octanol–water partition coefficient (Wildman–Crippen LogP) is 0.0798. The Morgan fingerprint density at radius 3 is 2.07 bits per heavy atom. The van der Waals surface area contributed by atoms with Crippen molar-refractivity contribution < 1.29 is 8.42 Å². The normalized spacial score (nSPS) is 16.6. The first-order valence-electron chi connectivity index (χ1n) is 4.33. The number of hydrogen-bond acceptors (Lipinski definition) is 4. The van der Waals surface area contributed by atoms with Crippen molar-refractivity contribution in [3.63, 3.8) is 0 Å². The van der Waals surface area contributed by atoms with Crippen molar-refractivity contribution in [2.24, 2.45) is 10.8 Å². The fourth-order valence-corrected chi connectivity index (χ4v) is 1.33. The van der Waals surface area contributed by atoms with Crippen molar-refractivity contribution in [3.05, 3.63) is 0 Å². The van der Waals surface area contributed by atoms with Gasteiger partial charge in [-0.25, -0.2) is 14.3 Å². The molecular formula is C8H19N3O2S. The molecule has 0 aromatic rings. The SMILES string of the molecule is CC(C(=NC(C)(C)C)NN)S(C)(=O)=O. The second kappa shape index (κ2) is 4.27. The molecule has 0 amide bonds. The first kappa shape index (κ1) is 13.4. The highest BCUT2D eigenvalue weighted by Gasteiger charge is 2.22. The Balaban J connectivity index is 5.03. The summed E-state index contributed by atoms with van der Waals surface area (Å²) in [5, 5.41) is -0.702. The molecule has 1 unspecified atom stereocenters. The molecular weight excluding hydrogens is 202 g/mol. The number of nitrogens with zero attached hydrogens (tertiary/aromatic N) is 1. The third kappa shape index (κ3) is 4.57. The molecule has 84 valence electrons. The quantitative estimate of drug-likeness (QED) is 0.299. The Bertz CT molecular complexity index is 314. The third-order valence-corrected chi connectivity index (χ3v) is 3.14. The van der Waals surface area contributed by atoms with Crippen LogP contribution in [0.3, 0.4) is 0 Å². The molecule has 14 heavy (non-hydrogen) atoms. The van der Waals surface area contributed by atoms with E-state index in [1.165, 1.54) is 0 Å². The van der Waals surface area contributed by atoms with Crippen LogP contribution in [0.15, 0.2) is 4.99 Å². The Kier molecular flexibility index (Phi) is 4.08. The smallest absolute Gasteiger partial charge is 0.157 e. The van der Waals surface area contributed by atoms with E-state index >= 15 is 0 Å². The van der Waals surface area contributed by atoms with Gasteiger partial charge in [-0.1, -0.05) is 0 Å². The van der Waals surface area contributed by atoms with Gasteiger partial charge in [0.05, 0.1) is 5.54 Å². The second-order valence-corrected chi connectivity index (χ2v) is 6.65. The van der Waals surface area contributed by atoms with Gasteiger partial charge in [-0.3, -0.25) is 4.99 Å². The number of nitrogens with one attached hydrogen (secondary N) is 1. The summed E-state index contributed by atoms with van der Waals surface area (Å²) in [6.07, 6.45) is 1.16. The third-order valence-electron chi connectivity index (χ3n) is 1.63. The highest BCUT2D eigenvalue weighted by Crippen LogP contribution is 2.09. The largest absolute Gasteiger partial charge is 0.311 e. The minimum absolute atomic E-state index is 0.292. The maximum atomic E-state index is 11.2. The molecule has 1 atom stereocenters. The van der Waals surface area contributed by atoms with Gasteiger partial charge in [0.1, 0.15) is 11.1 Å². The van der Waals surface area contributed by atoms with E-state index in [0.29, 0.717) is 5.84 Å². The molecule has 6 heteroatoms. The van der Waals surface area contributed by atoms with E-state index in [9.17, 15) is 8.42 Å². The monoisotopic (exact) mass is 221 g/mol. The zero-order valence-electron chi connectivity index (χ0n) is 9.33. The zero-order chi connectivity index (χ0) is 11.6. The molecule has 0 saturated heterocycles. The molecule has 5 nitrogen and oxygen atoms in total. The standard InChI is InChI=1S/C8H19N3O2S/c1-6(14(5,12)13)7(11-9)10-8(2,3)4/h6H,9H2,1-5H3,(H,10,11). The van der Waals surface area contributed by atoms with Crippen LogP contribution >= 0.6 is 0 Å². The van der Waals surface area contributed by atoms with Crippen LogP contribution < -0.4 is 11.3 Å². The summed E-state index contributed by atoms with van der Waals surface area (Å²) in [5.74, 6) is 5.52. The first-order chi connectivity index (χ1) is 6.08. The zero-order valence-corrected chi connectivity index (χ0v) is 10.1. The molecule has 0 radical (unpaired) electrons. The summed E-state index contributed by atoms with van der Waals surface area (Å²) < 4.78 is 22.5. The number of hydrogen-bond donors (Lipinski definition) is 2. The highest BCUT2D eigenvalue weighted by atomic mass is 32.2. The van der Waals surface area contributed by atoms with E-state index in [1.54, 1.807) is 6.92 Å². The highest BCUT2D eigenvalue weighted by molar-refractivity contribution is 7.92. The molecule has 0 saturated carbocycles. The number of nitrogens with two attached hydrogens (primary N) is 1.